The standard InChI is InChI=1S/C13H21NO3/c1-9-12(17-5)11(6-13(2,3)15)10(7-14-9)8-16-4/h7,15H,6,8H2,1-5H3. The van der Waals surface area contributed by atoms with Gasteiger partial charge in [-0.25, -0.2) is 0 Å². The summed E-state index contributed by atoms with van der Waals surface area (Å²) in [7, 11) is 3.26. The van der Waals surface area contributed by atoms with Gasteiger partial charge in [0.05, 0.1) is 25.0 Å². The van der Waals surface area contributed by atoms with Crippen molar-refractivity contribution in [1.29, 1.82) is 0 Å². The van der Waals surface area contributed by atoms with E-state index in [0.717, 1.165) is 22.6 Å². The fourth-order valence-electron chi connectivity index (χ4n) is 1.85. The number of aliphatic hydroxyl groups is 1. The van der Waals surface area contributed by atoms with E-state index in [1.165, 1.54) is 0 Å². The summed E-state index contributed by atoms with van der Waals surface area (Å²) in [4.78, 5) is 4.27. The minimum absolute atomic E-state index is 0.467. The normalized spacial score (nSPS) is 11.6. The molecule has 4 heteroatoms. The molecule has 0 aliphatic carbocycles. The number of aromatic nitrogens is 1. The second-order valence-electron chi connectivity index (χ2n) is 4.80. The van der Waals surface area contributed by atoms with Gasteiger partial charge in [-0.1, -0.05) is 0 Å². The molecule has 0 amide bonds. The zero-order chi connectivity index (χ0) is 13.1. The fraction of sp³-hybridized carbons (Fsp3) is 0.615. The largest absolute Gasteiger partial charge is 0.495 e. The van der Waals surface area contributed by atoms with E-state index in [-0.39, 0.29) is 0 Å². The molecule has 96 valence electrons. The third-order valence-electron chi connectivity index (χ3n) is 2.52. The van der Waals surface area contributed by atoms with Crippen LogP contribution in [0.15, 0.2) is 6.20 Å². The highest BCUT2D eigenvalue weighted by atomic mass is 16.5. The van der Waals surface area contributed by atoms with Crippen LogP contribution >= 0.6 is 0 Å². The molecule has 0 aliphatic heterocycles. The average molecular weight is 239 g/mol. The Morgan fingerprint density at radius 1 is 1.35 bits per heavy atom. The molecule has 0 saturated heterocycles. The predicted octanol–water partition coefficient (Wildman–Crippen LogP) is 1.86. The first kappa shape index (κ1) is 13.9. The molecule has 4 nitrogen and oxygen atoms in total. The Hall–Kier alpha value is -1.13. The Kier molecular flexibility index (Phi) is 4.48. The molecule has 1 rings (SSSR count). The second kappa shape index (κ2) is 5.47. The molecular formula is C13H21NO3. The molecule has 0 spiro atoms. The van der Waals surface area contributed by atoms with E-state index >= 15 is 0 Å². The van der Waals surface area contributed by atoms with Crippen LogP contribution in [0.1, 0.15) is 30.7 Å². The highest BCUT2D eigenvalue weighted by molar-refractivity contribution is 5.42. The zero-order valence-corrected chi connectivity index (χ0v) is 11.2. The minimum Gasteiger partial charge on any atom is -0.495 e. The van der Waals surface area contributed by atoms with Gasteiger partial charge in [0.15, 0.2) is 0 Å². The molecule has 0 aliphatic rings. The molecule has 1 heterocycles. The Morgan fingerprint density at radius 2 is 2.00 bits per heavy atom. The van der Waals surface area contributed by atoms with Crippen molar-refractivity contribution < 1.29 is 14.6 Å². The van der Waals surface area contributed by atoms with Crippen molar-refractivity contribution in [1.82, 2.24) is 4.98 Å². The topological polar surface area (TPSA) is 51.6 Å². The summed E-state index contributed by atoms with van der Waals surface area (Å²) in [5.41, 5.74) is 1.96. The maximum Gasteiger partial charge on any atom is 0.143 e. The van der Waals surface area contributed by atoms with E-state index in [2.05, 4.69) is 4.98 Å². The van der Waals surface area contributed by atoms with Gasteiger partial charge < -0.3 is 14.6 Å². The van der Waals surface area contributed by atoms with Gasteiger partial charge in [-0.15, -0.1) is 0 Å². The average Bonchev–Trinajstić information content (AvgIpc) is 2.21. The molecular weight excluding hydrogens is 218 g/mol. The summed E-state index contributed by atoms with van der Waals surface area (Å²) < 4.78 is 10.5. The third-order valence-corrected chi connectivity index (χ3v) is 2.52. The summed E-state index contributed by atoms with van der Waals surface area (Å²) in [6, 6.07) is 0. The lowest BCUT2D eigenvalue weighted by Crippen LogP contribution is -2.23. The zero-order valence-electron chi connectivity index (χ0n) is 11.2. The number of aryl methyl sites for hydroxylation is 1. The lowest BCUT2D eigenvalue weighted by molar-refractivity contribution is 0.0792. The first-order valence-electron chi connectivity index (χ1n) is 5.61. The highest BCUT2D eigenvalue weighted by Crippen LogP contribution is 2.29. The van der Waals surface area contributed by atoms with Crippen LogP contribution in [0.25, 0.3) is 0 Å². The SMILES string of the molecule is COCc1cnc(C)c(OC)c1CC(C)(C)O. The van der Waals surface area contributed by atoms with Gasteiger partial charge in [0.25, 0.3) is 0 Å². The molecule has 0 radical (unpaired) electrons. The number of ether oxygens (including phenoxy) is 2. The maximum atomic E-state index is 9.96. The van der Waals surface area contributed by atoms with Crippen LogP contribution in [0.3, 0.4) is 0 Å². The number of hydrogen-bond acceptors (Lipinski definition) is 4. The number of methoxy groups -OCH3 is 2. The van der Waals surface area contributed by atoms with Crippen LogP contribution in [0.5, 0.6) is 5.75 Å². The Morgan fingerprint density at radius 3 is 2.47 bits per heavy atom. The van der Waals surface area contributed by atoms with E-state index in [4.69, 9.17) is 9.47 Å². The molecule has 1 aromatic rings. The van der Waals surface area contributed by atoms with E-state index in [0.29, 0.717) is 13.0 Å². The summed E-state index contributed by atoms with van der Waals surface area (Å²) >= 11 is 0. The lowest BCUT2D eigenvalue weighted by Gasteiger charge is -2.22. The smallest absolute Gasteiger partial charge is 0.143 e. The van der Waals surface area contributed by atoms with E-state index in [1.807, 2.05) is 6.92 Å². The van der Waals surface area contributed by atoms with Gasteiger partial charge in [0.2, 0.25) is 0 Å². The van der Waals surface area contributed by atoms with E-state index in [9.17, 15) is 5.11 Å². The van der Waals surface area contributed by atoms with Crippen LogP contribution < -0.4 is 4.74 Å². The number of hydrogen-bond donors (Lipinski definition) is 1. The monoisotopic (exact) mass is 239 g/mol. The fourth-order valence-corrected chi connectivity index (χ4v) is 1.85. The van der Waals surface area contributed by atoms with Crippen LogP contribution in [0, 0.1) is 6.92 Å². The van der Waals surface area contributed by atoms with Crippen LogP contribution in [-0.4, -0.2) is 29.9 Å². The quantitative estimate of drug-likeness (QED) is 0.852. The molecule has 1 N–H and O–H groups in total. The van der Waals surface area contributed by atoms with Crippen molar-refractivity contribution in [2.75, 3.05) is 14.2 Å². The summed E-state index contributed by atoms with van der Waals surface area (Å²) in [6.45, 7) is 5.91. The van der Waals surface area contributed by atoms with Crippen molar-refractivity contribution in [2.24, 2.45) is 0 Å². The van der Waals surface area contributed by atoms with Gasteiger partial charge >= 0.3 is 0 Å². The molecule has 0 bridgehead atoms. The maximum absolute atomic E-state index is 9.96. The molecule has 1 aromatic heterocycles. The number of nitrogens with zero attached hydrogens (tertiary/aromatic N) is 1. The molecule has 0 atom stereocenters. The number of pyridine rings is 1. The van der Waals surface area contributed by atoms with Crippen molar-refractivity contribution in [3.63, 3.8) is 0 Å². The molecule has 0 aromatic carbocycles. The van der Waals surface area contributed by atoms with E-state index in [1.54, 1.807) is 34.3 Å². The first-order chi connectivity index (χ1) is 7.89. The van der Waals surface area contributed by atoms with Crippen LogP contribution in [0.2, 0.25) is 0 Å². The molecule has 0 saturated carbocycles. The van der Waals surface area contributed by atoms with Crippen molar-refractivity contribution in [3.05, 3.63) is 23.0 Å². The van der Waals surface area contributed by atoms with Gasteiger partial charge in [0.1, 0.15) is 5.75 Å². The van der Waals surface area contributed by atoms with Crippen LogP contribution in [0.4, 0.5) is 0 Å². The Labute approximate surface area is 103 Å². The first-order valence-corrected chi connectivity index (χ1v) is 5.61. The molecule has 17 heavy (non-hydrogen) atoms. The van der Waals surface area contributed by atoms with Gasteiger partial charge in [-0.2, -0.15) is 0 Å². The molecule has 0 unspecified atom stereocenters. The third kappa shape index (κ3) is 3.68. The summed E-state index contributed by atoms with van der Waals surface area (Å²) in [5.74, 6) is 0.738. The van der Waals surface area contributed by atoms with Crippen LogP contribution in [-0.2, 0) is 17.8 Å². The minimum atomic E-state index is -0.788. The number of rotatable bonds is 5. The van der Waals surface area contributed by atoms with Crippen molar-refractivity contribution in [2.45, 2.75) is 39.4 Å². The molecule has 0 fully saturated rings. The van der Waals surface area contributed by atoms with Gasteiger partial charge in [-0.05, 0) is 20.8 Å². The van der Waals surface area contributed by atoms with Gasteiger partial charge in [0, 0.05) is 30.9 Å². The predicted molar refractivity (Wildman–Crippen MR) is 66.2 cm³/mol. The lowest BCUT2D eigenvalue weighted by atomic mass is 9.94. The Balaban J connectivity index is 3.23. The summed E-state index contributed by atoms with van der Waals surface area (Å²) in [6.07, 6.45) is 2.29. The van der Waals surface area contributed by atoms with Crippen molar-refractivity contribution in [3.8, 4) is 5.75 Å². The second-order valence-corrected chi connectivity index (χ2v) is 4.80. The Bertz CT molecular complexity index is 383. The highest BCUT2D eigenvalue weighted by Gasteiger charge is 2.21. The van der Waals surface area contributed by atoms with Crippen molar-refractivity contribution >= 4 is 0 Å². The summed E-state index contributed by atoms with van der Waals surface area (Å²) in [5, 5.41) is 9.96. The van der Waals surface area contributed by atoms with E-state index < -0.39 is 5.60 Å². The van der Waals surface area contributed by atoms with Gasteiger partial charge in [-0.3, -0.25) is 4.98 Å².